The van der Waals surface area contributed by atoms with Gasteiger partial charge in [0.1, 0.15) is 0 Å². The highest BCUT2D eigenvalue weighted by Crippen LogP contribution is 2.49. The number of rotatable bonds is 2. The first kappa shape index (κ1) is 15.5. The zero-order chi connectivity index (χ0) is 16.1. The van der Waals surface area contributed by atoms with E-state index in [1.54, 1.807) is 16.3 Å². The van der Waals surface area contributed by atoms with Crippen molar-refractivity contribution in [2.75, 3.05) is 0 Å². The molecule has 0 saturated heterocycles. The van der Waals surface area contributed by atoms with Crippen LogP contribution in [-0.4, -0.2) is 8.80 Å². The lowest BCUT2D eigenvalue weighted by molar-refractivity contribution is 0.510. The molecule has 1 aromatic carbocycles. The monoisotopic (exact) mass is 308 g/mol. The Morgan fingerprint density at radius 1 is 1.05 bits per heavy atom. The average molecular weight is 309 g/mol. The maximum Gasteiger partial charge on any atom is 0.0600 e. The molecule has 0 bridgehead atoms. The number of benzene rings is 1. The molecule has 0 N–H and O–H groups in total. The molecule has 22 heavy (non-hydrogen) atoms. The summed E-state index contributed by atoms with van der Waals surface area (Å²) in [6, 6.07) is 8.93. The van der Waals surface area contributed by atoms with Crippen LogP contribution in [0.1, 0.15) is 51.2 Å². The van der Waals surface area contributed by atoms with Gasteiger partial charge in [0.2, 0.25) is 0 Å². The van der Waals surface area contributed by atoms with E-state index in [2.05, 4.69) is 77.2 Å². The molecular weight excluding hydrogens is 280 g/mol. The summed E-state index contributed by atoms with van der Waals surface area (Å²) in [5.74, 6) is 0.506. The molecule has 0 aliphatic heterocycles. The van der Waals surface area contributed by atoms with Crippen molar-refractivity contribution in [3.8, 4) is 0 Å². The highest BCUT2D eigenvalue weighted by atomic mass is 28.3. The summed E-state index contributed by atoms with van der Waals surface area (Å²) >= 11 is 0. The minimum atomic E-state index is -0.721. The van der Waals surface area contributed by atoms with Crippen LogP contribution in [0.15, 0.2) is 52.3 Å². The number of fused-ring (bicyclic) bond motifs is 1. The van der Waals surface area contributed by atoms with Crippen molar-refractivity contribution in [3.05, 3.63) is 63.4 Å². The van der Waals surface area contributed by atoms with Gasteiger partial charge in [-0.15, -0.1) is 0 Å². The number of hydrogen-bond acceptors (Lipinski definition) is 0. The molecule has 0 saturated carbocycles. The lowest BCUT2D eigenvalue weighted by atomic mass is 9.78. The van der Waals surface area contributed by atoms with Crippen LogP contribution in [0.2, 0.25) is 13.1 Å². The van der Waals surface area contributed by atoms with Crippen molar-refractivity contribution in [2.45, 2.75) is 53.1 Å². The first-order chi connectivity index (χ1) is 10.3. The van der Waals surface area contributed by atoms with Crippen molar-refractivity contribution in [3.63, 3.8) is 0 Å². The third kappa shape index (κ3) is 2.56. The molecule has 0 radical (unpaired) electrons. The highest BCUT2D eigenvalue weighted by molar-refractivity contribution is 6.64. The average Bonchev–Trinajstić information content (AvgIpc) is 2.97. The smallest absolute Gasteiger partial charge is 0.0600 e. The van der Waals surface area contributed by atoms with E-state index >= 15 is 0 Å². The molecule has 1 heteroatoms. The normalized spacial score (nSPS) is 21.3. The fraction of sp³-hybridized carbons (Fsp3) is 0.429. The summed E-state index contributed by atoms with van der Waals surface area (Å²) < 4.78 is 0. The Labute approximate surface area is 137 Å². The molecule has 116 valence electrons. The molecule has 1 aromatic rings. The molecule has 2 aliphatic carbocycles. The van der Waals surface area contributed by atoms with Crippen LogP contribution in [0, 0.1) is 5.41 Å². The van der Waals surface area contributed by atoms with Crippen molar-refractivity contribution in [2.24, 2.45) is 5.41 Å². The number of hydrogen-bond donors (Lipinski definition) is 0. The Morgan fingerprint density at radius 2 is 1.73 bits per heavy atom. The van der Waals surface area contributed by atoms with Gasteiger partial charge in [0.15, 0.2) is 0 Å². The Morgan fingerprint density at radius 3 is 2.36 bits per heavy atom. The third-order valence-corrected chi connectivity index (χ3v) is 6.97. The minimum absolute atomic E-state index is 0.234. The lowest BCUT2D eigenvalue weighted by Gasteiger charge is -2.26. The molecule has 2 aliphatic rings. The summed E-state index contributed by atoms with van der Waals surface area (Å²) in [7, 11) is -0.721. The predicted octanol–water partition coefficient (Wildman–Crippen LogP) is 5.89. The molecule has 0 spiro atoms. The second-order valence-corrected chi connectivity index (χ2v) is 11.2. The molecule has 0 aromatic heterocycles. The Kier molecular flexibility index (Phi) is 3.80. The van der Waals surface area contributed by atoms with Crippen LogP contribution in [0.25, 0.3) is 6.08 Å². The van der Waals surface area contributed by atoms with E-state index in [1.165, 1.54) is 23.1 Å². The molecule has 0 amide bonds. The zero-order valence-corrected chi connectivity index (χ0v) is 16.0. The van der Waals surface area contributed by atoms with Crippen LogP contribution in [-0.2, 0) is 0 Å². The molecule has 0 unspecified atom stereocenters. The first-order valence-corrected chi connectivity index (χ1v) is 11.4. The van der Waals surface area contributed by atoms with Gasteiger partial charge < -0.3 is 0 Å². The van der Waals surface area contributed by atoms with E-state index in [1.807, 2.05) is 0 Å². The van der Waals surface area contributed by atoms with Gasteiger partial charge in [-0.05, 0) is 35.5 Å². The first-order valence-electron chi connectivity index (χ1n) is 8.50. The molecule has 0 heterocycles. The van der Waals surface area contributed by atoms with Crippen LogP contribution in [0.5, 0.6) is 0 Å². The summed E-state index contributed by atoms with van der Waals surface area (Å²) in [5, 5.41) is 1.73. The summed E-state index contributed by atoms with van der Waals surface area (Å²) in [6.07, 6.45) is 6.15. The van der Waals surface area contributed by atoms with E-state index in [0.29, 0.717) is 5.92 Å². The maximum absolute atomic E-state index is 2.56. The van der Waals surface area contributed by atoms with Gasteiger partial charge in [-0.25, -0.2) is 0 Å². The van der Waals surface area contributed by atoms with Gasteiger partial charge in [0.05, 0.1) is 8.80 Å². The second-order valence-electron chi connectivity index (χ2n) is 8.19. The maximum atomic E-state index is 2.56. The molecule has 0 nitrogen and oxygen atoms in total. The summed E-state index contributed by atoms with van der Waals surface area (Å²) in [4.78, 5) is 0. The largest absolute Gasteiger partial charge is 0.0803 e. The Hall–Kier alpha value is -1.34. The van der Waals surface area contributed by atoms with Gasteiger partial charge in [0.25, 0.3) is 0 Å². The van der Waals surface area contributed by atoms with Gasteiger partial charge in [-0.2, -0.15) is 0 Å². The van der Waals surface area contributed by atoms with Gasteiger partial charge in [-0.3, -0.25) is 0 Å². The molecule has 1 atom stereocenters. The summed E-state index contributed by atoms with van der Waals surface area (Å²) in [5.41, 5.74) is 7.94. The predicted molar refractivity (Wildman–Crippen MR) is 101 cm³/mol. The van der Waals surface area contributed by atoms with Crippen LogP contribution in [0.4, 0.5) is 0 Å². The second kappa shape index (κ2) is 5.38. The van der Waals surface area contributed by atoms with Crippen molar-refractivity contribution < 1.29 is 0 Å². The van der Waals surface area contributed by atoms with Crippen LogP contribution in [0.3, 0.4) is 0 Å². The third-order valence-electron chi connectivity index (χ3n) is 5.11. The zero-order valence-electron chi connectivity index (χ0n) is 14.8. The molecule has 0 fully saturated rings. The molecule has 3 rings (SSSR count). The van der Waals surface area contributed by atoms with Gasteiger partial charge in [0, 0.05) is 5.92 Å². The van der Waals surface area contributed by atoms with E-state index in [-0.39, 0.29) is 5.41 Å². The standard InChI is InChI=1S/C21H28Si/c1-14-11-15-9-7-8-10-17(15)20(14)18-12-16(22(5)6)13-19(18)21(2,3)4/h7-11,13,20,22H,12H2,1-6H3/t20-/m0/s1. The van der Waals surface area contributed by atoms with E-state index in [4.69, 9.17) is 0 Å². The highest BCUT2D eigenvalue weighted by Gasteiger charge is 2.34. The minimum Gasteiger partial charge on any atom is -0.0803 e. The fourth-order valence-electron chi connectivity index (χ4n) is 3.91. The van der Waals surface area contributed by atoms with E-state index in [9.17, 15) is 0 Å². The van der Waals surface area contributed by atoms with Crippen molar-refractivity contribution >= 4 is 14.9 Å². The van der Waals surface area contributed by atoms with Crippen molar-refractivity contribution in [1.82, 2.24) is 0 Å². The Balaban J connectivity index is 2.10. The van der Waals surface area contributed by atoms with E-state index in [0.717, 1.165) is 0 Å². The van der Waals surface area contributed by atoms with Crippen molar-refractivity contribution in [1.29, 1.82) is 0 Å². The van der Waals surface area contributed by atoms with Crippen LogP contribution < -0.4 is 0 Å². The quantitative estimate of drug-likeness (QED) is 0.598. The van der Waals surface area contributed by atoms with Crippen LogP contribution >= 0.6 is 0 Å². The van der Waals surface area contributed by atoms with Gasteiger partial charge >= 0.3 is 0 Å². The topological polar surface area (TPSA) is 0 Å². The lowest BCUT2D eigenvalue weighted by Crippen LogP contribution is -2.12. The van der Waals surface area contributed by atoms with Gasteiger partial charge in [-0.1, -0.05) is 86.6 Å². The molecular formula is C21H28Si. The fourth-order valence-corrected chi connectivity index (χ4v) is 5.04. The van der Waals surface area contributed by atoms with E-state index < -0.39 is 8.80 Å². The SMILES string of the molecule is CC1=Cc2ccccc2[C@H]1C1=C(C(C)(C)C)C=C([SiH](C)C)C1. The number of allylic oxidation sites excluding steroid dienone is 5. The summed E-state index contributed by atoms with van der Waals surface area (Å²) in [6.45, 7) is 14.3. The Bertz CT molecular complexity index is 693.